The zero-order valence-corrected chi connectivity index (χ0v) is 17.3. The molecular formula is C19H25BrN4S. The number of thiazole rings is 1. The molecule has 0 aliphatic carbocycles. The van der Waals surface area contributed by atoms with Crippen LogP contribution in [-0.4, -0.2) is 32.6 Å². The van der Waals surface area contributed by atoms with E-state index in [0.29, 0.717) is 0 Å². The first-order chi connectivity index (χ1) is 12.2. The van der Waals surface area contributed by atoms with Crippen LogP contribution in [0.2, 0.25) is 0 Å². The molecule has 2 heterocycles. The molecule has 0 aliphatic heterocycles. The molecule has 25 heavy (non-hydrogen) atoms. The van der Waals surface area contributed by atoms with Crippen molar-refractivity contribution in [1.82, 2.24) is 19.5 Å². The summed E-state index contributed by atoms with van der Waals surface area (Å²) in [5.41, 5.74) is 1.09. The molecule has 0 saturated heterocycles. The highest BCUT2D eigenvalue weighted by molar-refractivity contribution is 9.10. The van der Waals surface area contributed by atoms with Gasteiger partial charge in [0.05, 0.1) is 0 Å². The van der Waals surface area contributed by atoms with Gasteiger partial charge in [-0.3, -0.25) is 9.30 Å². The van der Waals surface area contributed by atoms with Crippen LogP contribution in [0.3, 0.4) is 0 Å². The van der Waals surface area contributed by atoms with Crippen LogP contribution in [0.5, 0.6) is 0 Å². The van der Waals surface area contributed by atoms with Gasteiger partial charge in [0.2, 0.25) is 4.96 Å². The van der Waals surface area contributed by atoms with E-state index in [2.05, 4.69) is 67.6 Å². The molecular weight excluding hydrogens is 396 g/mol. The minimum Gasteiger partial charge on any atom is -0.298 e. The lowest BCUT2D eigenvalue weighted by Gasteiger charge is -2.20. The first kappa shape index (κ1) is 18.5. The van der Waals surface area contributed by atoms with Crippen molar-refractivity contribution in [2.24, 2.45) is 0 Å². The van der Waals surface area contributed by atoms with Gasteiger partial charge in [-0.2, -0.15) is 0 Å². The summed E-state index contributed by atoms with van der Waals surface area (Å²) in [5.74, 6) is 0.915. The summed E-state index contributed by atoms with van der Waals surface area (Å²) >= 11 is 5.23. The fourth-order valence-corrected chi connectivity index (χ4v) is 4.10. The molecule has 4 nitrogen and oxygen atoms in total. The molecule has 0 atom stereocenters. The lowest BCUT2D eigenvalue weighted by molar-refractivity contribution is 0.259. The highest BCUT2D eigenvalue weighted by Crippen LogP contribution is 2.25. The zero-order chi connectivity index (χ0) is 17.6. The van der Waals surface area contributed by atoms with Crippen LogP contribution in [0.1, 0.15) is 44.4 Å². The Morgan fingerprint density at radius 1 is 1.04 bits per heavy atom. The number of halogens is 1. The average molecular weight is 421 g/mol. The van der Waals surface area contributed by atoms with Crippen molar-refractivity contribution in [3.63, 3.8) is 0 Å². The number of aromatic nitrogens is 3. The Morgan fingerprint density at radius 2 is 1.72 bits per heavy atom. The monoisotopic (exact) mass is 420 g/mol. The van der Waals surface area contributed by atoms with Gasteiger partial charge in [-0.15, -0.1) is 10.2 Å². The first-order valence-electron chi connectivity index (χ1n) is 9.03. The molecule has 0 spiro atoms. The molecule has 0 amide bonds. The molecule has 3 aromatic rings. The number of nitrogens with zero attached hydrogens (tertiary/aromatic N) is 4. The second-order valence-corrected chi connectivity index (χ2v) is 8.37. The zero-order valence-electron chi connectivity index (χ0n) is 14.9. The van der Waals surface area contributed by atoms with Crippen LogP contribution in [-0.2, 0) is 6.54 Å². The van der Waals surface area contributed by atoms with Gasteiger partial charge in [-0.25, -0.2) is 0 Å². The Morgan fingerprint density at radius 3 is 2.36 bits per heavy atom. The van der Waals surface area contributed by atoms with Crippen molar-refractivity contribution in [3.05, 3.63) is 39.8 Å². The number of fused-ring (bicyclic) bond motifs is 1. The van der Waals surface area contributed by atoms with Crippen LogP contribution in [0.25, 0.3) is 16.3 Å². The Kier molecular flexibility index (Phi) is 6.62. The standard InChI is InChI=1S/C19H25BrN4S/c1-3-5-11-23(12-6-4-2)13-17-14-24-18(21-22-19(24)25-17)15-7-9-16(20)10-8-15/h7-10,14H,3-6,11-13H2,1-2H3. The Hall–Kier alpha value is -1.24. The van der Waals surface area contributed by atoms with Crippen LogP contribution < -0.4 is 0 Å². The van der Waals surface area contributed by atoms with E-state index in [1.165, 1.54) is 43.6 Å². The average Bonchev–Trinajstić information content (AvgIpc) is 3.18. The summed E-state index contributed by atoms with van der Waals surface area (Å²) in [6.07, 6.45) is 7.22. The fraction of sp³-hybridized carbons (Fsp3) is 0.474. The molecule has 3 rings (SSSR count). The summed E-state index contributed by atoms with van der Waals surface area (Å²) in [5, 5.41) is 8.74. The van der Waals surface area contributed by atoms with Gasteiger partial charge >= 0.3 is 0 Å². The quantitative estimate of drug-likeness (QED) is 0.450. The second-order valence-electron chi connectivity index (χ2n) is 6.36. The normalized spacial score (nSPS) is 11.7. The highest BCUT2D eigenvalue weighted by Gasteiger charge is 2.13. The maximum Gasteiger partial charge on any atom is 0.216 e. The molecule has 134 valence electrons. The largest absolute Gasteiger partial charge is 0.298 e. The summed E-state index contributed by atoms with van der Waals surface area (Å²) in [6.45, 7) is 7.87. The third-order valence-corrected chi connectivity index (χ3v) is 5.78. The van der Waals surface area contributed by atoms with Gasteiger partial charge in [0.15, 0.2) is 5.82 Å². The lowest BCUT2D eigenvalue weighted by atomic mass is 10.2. The SMILES string of the molecule is CCCCN(CCCC)Cc1cn2c(-c3ccc(Br)cc3)nnc2s1. The van der Waals surface area contributed by atoms with Gasteiger partial charge in [0.25, 0.3) is 0 Å². The van der Waals surface area contributed by atoms with Crippen molar-refractivity contribution in [2.75, 3.05) is 13.1 Å². The molecule has 1 aromatic carbocycles. The maximum atomic E-state index is 4.37. The van der Waals surface area contributed by atoms with Crippen molar-refractivity contribution >= 4 is 32.2 Å². The molecule has 0 N–H and O–H groups in total. The van der Waals surface area contributed by atoms with Crippen molar-refractivity contribution in [2.45, 2.75) is 46.1 Å². The molecule has 0 aliphatic rings. The van der Waals surface area contributed by atoms with E-state index in [-0.39, 0.29) is 0 Å². The van der Waals surface area contributed by atoms with E-state index in [9.17, 15) is 0 Å². The summed E-state index contributed by atoms with van der Waals surface area (Å²) in [4.78, 5) is 4.90. The molecule has 0 radical (unpaired) electrons. The molecule has 0 fully saturated rings. The Balaban J connectivity index is 1.79. The summed E-state index contributed by atoms with van der Waals surface area (Å²) in [6, 6.07) is 8.24. The van der Waals surface area contributed by atoms with Crippen LogP contribution >= 0.6 is 27.3 Å². The molecule has 0 bridgehead atoms. The van der Waals surface area contributed by atoms with Gasteiger partial charge < -0.3 is 0 Å². The summed E-state index contributed by atoms with van der Waals surface area (Å²) in [7, 11) is 0. The number of hydrogen-bond donors (Lipinski definition) is 0. The van der Waals surface area contributed by atoms with Gasteiger partial charge in [-0.05, 0) is 38.1 Å². The lowest BCUT2D eigenvalue weighted by Crippen LogP contribution is -2.25. The molecule has 6 heteroatoms. The smallest absolute Gasteiger partial charge is 0.216 e. The molecule has 2 aromatic heterocycles. The van der Waals surface area contributed by atoms with Gasteiger partial charge in [0, 0.05) is 27.7 Å². The highest BCUT2D eigenvalue weighted by atomic mass is 79.9. The first-order valence-corrected chi connectivity index (χ1v) is 10.6. The van der Waals surface area contributed by atoms with Crippen LogP contribution in [0.4, 0.5) is 0 Å². The Bertz CT molecular complexity index is 785. The van der Waals surface area contributed by atoms with E-state index < -0.39 is 0 Å². The summed E-state index contributed by atoms with van der Waals surface area (Å²) < 4.78 is 3.20. The van der Waals surface area contributed by atoms with E-state index >= 15 is 0 Å². The minimum atomic E-state index is 0.915. The van der Waals surface area contributed by atoms with Crippen molar-refractivity contribution < 1.29 is 0 Å². The van der Waals surface area contributed by atoms with Gasteiger partial charge in [-0.1, -0.05) is 66.1 Å². The third kappa shape index (κ3) is 4.68. The number of unbranched alkanes of at least 4 members (excludes halogenated alkanes) is 2. The van der Waals surface area contributed by atoms with Crippen LogP contribution in [0, 0.1) is 0 Å². The van der Waals surface area contributed by atoms with Crippen molar-refractivity contribution in [1.29, 1.82) is 0 Å². The van der Waals surface area contributed by atoms with E-state index in [0.717, 1.165) is 27.4 Å². The van der Waals surface area contributed by atoms with Gasteiger partial charge in [0.1, 0.15) is 0 Å². The third-order valence-electron chi connectivity index (χ3n) is 4.30. The molecule has 0 unspecified atom stereocenters. The number of benzene rings is 1. The van der Waals surface area contributed by atoms with E-state index in [1.54, 1.807) is 11.3 Å². The second kappa shape index (κ2) is 8.92. The van der Waals surface area contributed by atoms with Crippen molar-refractivity contribution in [3.8, 4) is 11.4 Å². The predicted octanol–water partition coefficient (Wildman–Crippen LogP) is 5.62. The topological polar surface area (TPSA) is 33.4 Å². The Labute approximate surface area is 162 Å². The fourth-order valence-electron chi connectivity index (χ4n) is 2.87. The van der Waals surface area contributed by atoms with E-state index in [4.69, 9.17) is 0 Å². The van der Waals surface area contributed by atoms with Crippen LogP contribution in [0.15, 0.2) is 34.9 Å². The predicted molar refractivity (Wildman–Crippen MR) is 109 cm³/mol. The molecule has 0 saturated carbocycles. The van der Waals surface area contributed by atoms with E-state index in [1.807, 2.05) is 12.1 Å². The minimum absolute atomic E-state index is 0.915. The number of hydrogen-bond acceptors (Lipinski definition) is 4. The maximum absolute atomic E-state index is 4.37. The number of rotatable bonds is 9.